The van der Waals surface area contributed by atoms with Gasteiger partial charge in [0.15, 0.2) is 5.82 Å². The number of morpholine rings is 1. The third-order valence-electron chi connectivity index (χ3n) is 7.88. The Balaban J connectivity index is 1.45. The summed E-state index contributed by atoms with van der Waals surface area (Å²) in [6, 6.07) is 10.2. The molecule has 2 aliphatic heterocycles. The molecule has 1 aromatic heterocycles. The highest BCUT2D eigenvalue weighted by atomic mass is 19.3. The van der Waals surface area contributed by atoms with E-state index in [0.717, 1.165) is 61.5 Å². The Morgan fingerprint density at radius 1 is 1.05 bits per heavy atom. The third-order valence-corrected chi connectivity index (χ3v) is 7.88. The standard InChI is InChI=1S/C29H36F3N5O/c1-18(23-7-6-8-25(26(23)30)29(31,32)28(3,4)5)33-27-24-15-20(9-10-22(24)19(2)34-35-27)37-12-11-36-13-14-38-17-21(36)16-37/h6-10,15,18,21H,11-14,16-17H2,1-5H3,(H,33,35)/t18-,21+/m1/s1. The van der Waals surface area contributed by atoms with E-state index in [2.05, 4.69) is 37.4 Å². The van der Waals surface area contributed by atoms with Crippen LogP contribution >= 0.6 is 0 Å². The van der Waals surface area contributed by atoms with E-state index in [1.165, 1.54) is 39.0 Å². The highest BCUT2D eigenvalue weighted by Crippen LogP contribution is 2.46. The van der Waals surface area contributed by atoms with Gasteiger partial charge in [-0.2, -0.15) is 5.10 Å². The number of nitrogens with one attached hydrogen (secondary N) is 1. The number of hydrogen-bond donors (Lipinski definition) is 1. The predicted octanol–water partition coefficient (Wildman–Crippen LogP) is 5.91. The molecular formula is C29H36F3N5O. The van der Waals surface area contributed by atoms with Gasteiger partial charge in [0, 0.05) is 53.6 Å². The van der Waals surface area contributed by atoms with E-state index in [1.54, 1.807) is 6.92 Å². The van der Waals surface area contributed by atoms with Crippen molar-refractivity contribution in [2.75, 3.05) is 49.6 Å². The molecule has 5 rings (SSSR count). The lowest BCUT2D eigenvalue weighted by atomic mass is 9.82. The number of alkyl halides is 2. The first kappa shape index (κ1) is 26.7. The highest BCUT2D eigenvalue weighted by Gasteiger charge is 2.47. The minimum atomic E-state index is -3.33. The molecule has 2 aromatic carbocycles. The maximum Gasteiger partial charge on any atom is 0.280 e. The van der Waals surface area contributed by atoms with Crippen LogP contribution in [0, 0.1) is 18.2 Å². The summed E-state index contributed by atoms with van der Waals surface area (Å²) in [4.78, 5) is 4.84. The molecular weight excluding hydrogens is 491 g/mol. The van der Waals surface area contributed by atoms with Crippen LogP contribution in [0.2, 0.25) is 0 Å². The number of rotatable bonds is 5. The van der Waals surface area contributed by atoms with E-state index in [-0.39, 0.29) is 5.56 Å². The van der Waals surface area contributed by atoms with Crippen molar-refractivity contribution in [2.24, 2.45) is 5.41 Å². The smallest absolute Gasteiger partial charge is 0.280 e. The number of fused-ring (bicyclic) bond motifs is 2. The van der Waals surface area contributed by atoms with Gasteiger partial charge in [-0.1, -0.05) is 45.0 Å². The fraction of sp³-hybridized carbons (Fsp3) is 0.517. The molecule has 0 saturated carbocycles. The van der Waals surface area contributed by atoms with Gasteiger partial charge in [-0.3, -0.25) is 4.90 Å². The van der Waals surface area contributed by atoms with E-state index >= 15 is 13.2 Å². The molecule has 2 fully saturated rings. The van der Waals surface area contributed by atoms with Gasteiger partial charge in [0.25, 0.3) is 5.92 Å². The van der Waals surface area contributed by atoms with E-state index in [4.69, 9.17) is 4.74 Å². The largest absolute Gasteiger partial charge is 0.378 e. The number of benzene rings is 2. The second-order valence-electron chi connectivity index (χ2n) is 11.5. The van der Waals surface area contributed by atoms with Crippen molar-refractivity contribution in [1.29, 1.82) is 0 Å². The molecule has 2 aliphatic rings. The third kappa shape index (κ3) is 4.82. The number of anilines is 2. The normalized spacial score (nSPS) is 19.9. The van der Waals surface area contributed by atoms with Gasteiger partial charge in [-0.05, 0) is 26.0 Å². The van der Waals surface area contributed by atoms with Crippen molar-refractivity contribution < 1.29 is 17.9 Å². The monoisotopic (exact) mass is 527 g/mol. The molecule has 0 aliphatic carbocycles. The number of aromatic nitrogens is 2. The topological polar surface area (TPSA) is 53.5 Å². The molecule has 3 heterocycles. The Bertz CT molecular complexity index is 1330. The summed E-state index contributed by atoms with van der Waals surface area (Å²) in [5, 5.41) is 13.7. The molecule has 204 valence electrons. The Morgan fingerprint density at radius 3 is 2.61 bits per heavy atom. The summed E-state index contributed by atoms with van der Waals surface area (Å²) >= 11 is 0. The maximum atomic E-state index is 15.5. The van der Waals surface area contributed by atoms with Crippen LogP contribution in [-0.2, 0) is 10.7 Å². The Kier molecular flexibility index (Phi) is 7.02. The lowest BCUT2D eigenvalue weighted by Gasteiger charge is -2.44. The highest BCUT2D eigenvalue weighted by molar-refractivity contribution is 5.95. The lowest BCUT2D eigenvalue weighted by molar-refractivity contribution is -0.107. The fourth-order valence-electron chi connectivity index (χ4n) is 5.37. The van der Waals surface area contributed by atoms with Crippen LogP contribution in [0.3, 0.4) is 0 Å². The van der Waals surface area contributed by atoms with Gasteiger partial charge in [0.2, 0.25) is 0 Å². The van der Waals surface area contributed by atoms with E-state index in [0.29, 0.717) is 11.9 Å². The average Bonchev–Trinajstić information content (AvgIpc) is 2.89. The summed E-state index contributed by atoms with van der Waals surface area (Å²) in [5.41, 5.74) is 0.000598. The molecule has 6 nitrogen and oxygen atoms in total. The first-order valence-corrected chi connectivity index (χ1v) is 13.2. The summed E-state index contributed by atoms with van der Waals surface area (Å²) in [6.45, 7) is 13.1. The molecule has 3 aromatic rings. The summed E-state index contributed by atoms with van der Waals surface area (Å²) < 4.78 is 51.3. The molecule has 2 saturated heterocycles. The van der Waals surface area contributed by atoms with Gasteiger partial charge >= 0.3 is 0 Å². The molecule has 1 N–H and O–H groups in total. The van der Waals surface area contributed by atoms with Crippen molar-refractivity contribution in [3.05, 3.63) is 59.0 Å². The molecule has 0 radical (unpaired) electrons. The van der Waals surface area contributed by atoms with Crippen LogP contribution in [0.25, 0.3) is 10.8 Å². The Morgan fingerprint density at radius 2 is 1.84 bits per heavy atom. The van der Waals surface area contributed by atoms with Crippen molar-refractivity contribution >= 4 is 22.3 Å². The number of piperazine rings is 1. The van der Waals surface area contributed by atoms with Crippen LogP contribution in [0.15, 0.2) is 36.4 Å². The first-order valence-electron chi connectivity index (χ1n) is 13.2. The van der Waals surface area contributed by atoms with Crippen LogP contribution in [0.5, 0.6) is 0 Å². The number of hydrogen-bond acceptors (Lipinski definition) is 6. The average molecular weight is 528 g/mol. The minimum Gasteiger partial charge on any atom is -0.378 e. The van der Waals surface area contributed by atoms with E-state index < -0.39 is 28.8 Å². The number of aryl methyl sites for hydroxylation is 1. The Hall–Kier alpha value is -2.91. The number of nitrogens with zero attached hydrogens (tertiary/aromatic N) is 4. The zero-order valence-electron chi connectivity index (χ0n) is 22.7. The van der Waals surface area contributed by atoms with Crippen molar-refractivity contribution in [1.82, 2.24) is 15.1 Å². The summed E-state index contributed by atoms with van der Waals surface area (Å²) in [7, 11) is 0. The molecule has 0 amide bonds. The summed E-state index contributed by atoms with van der Waals surface area (Å²) in [6.07, 6.45) is 0. The van der Waals surface area contributed by atoms with Crippen LogP contribution < -0.4 is 10.2 Å². The second-order valence-corrected chi connectivity index (χ2v) is 11.5. The minimum absolute atomic E-state index is 0.159. The van der Waals surface area contributed by atoms with Gasteiger partial charge in [0.1, 0.15) is 5.82 Å². The molecule has 2 atom stereocenters. The van der Waals surface area contributed by atoms with Crippen LogP contribution in [0.1, 0.15) is 50.6 Å². The molecule has 38 heavy (non-hydrogen) atoms. The van der Waals surface area contributed by atoms with Crippen molar-refractivity contribution in [3.8, 4) is 0 Å². The first-order chi connectivity index (χ1) is 18.0. The predicted molar refractivity (Wildman–Crippen MR) is 144 cm³/mol. The zero-order valence-corrected chi connectivity index (χ0v) is 22.7. The van der Waals surface area contributed by atoms with Gasteiger partial charge in [0.05, 0.1) is 36.6 Å². The van der Waals surface area contributed by atoms with Crippen LogP contribution in [-0.4, -0.2) is 60.5 Å². The number of halogens is 3. The lowest BCUT2D eigenvalue weighted by Crippen LogP contribution is -2.58. The van der Waals surface area contributed by atoms with E-state index in [9.17, 15) is 0 Å². The van der Waals surface area contributed by atoms with E-state index in [1.807, 2.05) is 13.0 Å². The second kappa shape index (κ2) is 10.0. The fourth-order valence-corrected chi connectivity index (χ4v) is 5.37. The Labute approximate surface area is 222 Å². The van der Waals surface area contributed by atoms with Gasteiger partial charge in [-0.25, -0.2) is 13.2 Å². The molecule has 9 heteroatoms. The molecule has 0 unspecified atom stereocenters. The molecule has 0 bridgehead atoms. The molecule has 0 spiro atoms. The summed E-state index contributed by atoms with van der Waals surface area (Å²) in [5.74, 6) is -3.73. The number of ether oxygens (including phenoxy) is 1. The van der Waals surface area contributed by atoms with Gasteiger partial charge < -0.3 is 15.0 Å². The SMILES string of the molecule is Cc1nnc(N[C@H](C)c2cccc(C(F)(F)C(C)(C)C)c2F)c2cc(N3CCN4CCOC[C@@H]4C3)ccc12. The van der Waals surface area contributed by atoms with Crippen LogP contribution in [0.4, 0.5) is 24.7 Å². The zero-order chi connectivity index (χ0) is 27.2. The van der Waals surface area contributed by atoms with Gasteiger partial charge in [-0.15, -0.1) is 5.10 Å². The maximum absolute atomic E-state index is 15.5. The quantitative estimate of drug-likeness (QED) is 0.445. The van der Waals surface area contributed by atoms with Crippen molar-refractivity contribution in [2.45, 2.75) is 52.6 Å². The van der Waals surface area contributed by atoms with Crippen molar-refractivity contribution in [3.63, 3.8) is 0 Å².